The highest BCUT2D eigenvalue weighted by Gasteiger charge is 2.50. The minimum Gasteiger partial charge on any atom is -0.460 e. The molecule has 0 aromatic carbocycles. The van der Waals surface area contributed by atoms with E-state index in [9.17, 15) is 4.79 Å². The number of ether oxygens (including phenoxy) is 1. The van der Waals surface area contributed by atoms with Crippen LogP contribution >= 0.6 is 0 Å². The zero-order valence-electron chi connectivity index (χ0n) is 13.1. The van der Waals surface area contributed by atoms with Gasteiger partial charge in [0.05, 0.1) is 5.92 Å². The highest BCUT2D eigenvalue weighted by Crippen LogP contribution is 2.44. The average Bonchev–Trinajstić information content (AvgIpc) is 3.11. The Morgan fingerprint density at radius 2 is 1.90 bits per heavy atom. The van der Waals surface area contributed by atoms with Crippen molar-refractivity contribution < 1.29 is 9.53 Å². The molecule has 2 heterocycles. The second-order valence-electron chi connectivity index (χ2n) is 7.85. The third kappa shape index (κ3) is 2.86. The zero-order valence-corrected chi connectivity index (χ0v) is 13.1. The molecule has 4 heteroatoms. The first-order chi connectivity index (χ1) is 9.40. The Morgan fingerprint density at radius 1 is 1.25 bits per heavy atom. The Bertz CT molecular complexity index is 376. The normalized spacial score (nSPS) is 30.6. The number of nitrogens with zero attached hydrogens (tertiary/aromatic N) is 1. The maximum atomic E-state index is 12.5. The Balaban J connectivity index is 1.64. The van der Waals surface area contributed by atoms with Gasteiger partial charge in [-0.3, -0.25) is 4.79 Å². The number of rotatable bonds is 2. The van der Waals surface area contributed by atoms with Crippen molar-refractivity contribution in [2.24, 2.45) is 11.3 Å². The van der Waals surface area contributed by atoms with Gasteiger partial charge in [0.25, 0.3) is 0 Å². The largest absolute Gasteiger partial charge is 0.460 e. The van der Waals surface area contributed by atoms with Crippen LogP contribution in [0.2, 0.25) is 0 Å². The standard InChI is InChI=1S/C16H28N2O2/c1-15(2,3)20-14(19)13-10-17-11-16(13)6-8-18(9-7-16)12-4-5-12/h12-13,17H,4-11H2,1-3H3. The lowest BCUT2D eigenvalue weighted by Crippen LogP contribution is -2.47. The van der Waals surface area contributed by atoms with E-state index in [1.54, 1.807) is 0 Å². The number of esters is 1. The number of piperidine rings is 1. The van der Waals surface area contributed by atoms with E-state index in [1.807, 2.05) is 20.8 Å². The Hall–Kier alpha value is -0.610. The van der Waals surface area contributed by atoms with Gasteiger partial charge in [-0.05, 0) is 65.0 Å². The molecule has 1 unspecified atom stereocenters. The molecule has 1 spiro atoms. The van der Waals surface area contributed by atoms with E-state index < -0.39 is 0 Å². The topological polar surface area (TPSA) is 41.6 Å². The molecule has 1 N–H and O–H groups in total. The molecule has 20 heavy (non-hydrogen) atoms. The molecule has 0 amide bonds. The first-order valence-corrected chi connectivity index (χ1v) is 8.07. The second-order valence-corrected chi connectivity index (χ2v) is 7.85. The van der Waals surface area contributed by atoms with E-state index in [4.69, 9.17) is 4.74 Å². The van der Waals surface area contributed by atoms with Gasteiger partial charge in [0.1, 0.15) is 5.60 Å². The first kappa shape index (κ1) is 14.3. The van der Waals surface area contributed by atoms with Crippen LogP contribution in [0.4, 0.5) is 0 Å². The highest BCUT2D eigenvalue weighted by molar-refractivity contribution is 5.74. The average molecular weight is 280 g/mol. The molecule has 1 atom stereocenters. The van der Waals surface area contributed by atoms with Gasteiger partial charge >= 0.3 is 5.97 Å². The fourth-order valence-corrected chi connectivity index (χ4v) is 3.81. The lowest BCUT2D eigenvalue weighted by Gasteiger charge is -2.42. The molecule has 0 aromatic rings. The highest BCUT2D eigenvalue weighted by atomic mass is 16.6. The molecule has 4 nitrogen and oxygen atoms in total. The molecule has 3 aliphatic rings. The predicted molar refractivity (Wildman–Crippen MR) is 78.5 cm³/mol. The Labute approximate surface area is 122 Å². The summed E-state index contributed by atoms with van der Waals surface area (Å²) in [5, 5.41) is 3.44. The summed E-state index contributed by atoms with van der Waals surface area (Å²) >= 11 is 0. The van der Waals surface area contributed by atoms with Crippen LogP contribution in [0.5, 0.6) is 0 Å². The van der Waals surface area contributed by atoms with Gasteiger partial charge in [-0.25, -0.2) is 0 Å². The van der Waals surface area contributed by atoms with Gasteiger partial charge in [-0.15, -0.1) is 0 Å². The molecule has 1 saturated carbocycles. The fraction of sp³-hybridized carbons (Fsp3) is 0.938. The van der Waals surface area contributed by atoms with Crippen molar-refractivity contribution in [2.75, 3.05) is 26.2 Å². The SMILES string of the molecule is CC(C)(C)OC(=O)C1CNCC12CCN(C1CC1)CC2. The summed E-state index contributed by atoms with van der Waals surface area (Å²) in [5.41, 5.74) is -0.233. The summed E-state index contributed by atoms with van der Waals surface area (Å²) in [5.74, 6) is 0.0467. The van der Waals surface area contributed by atoms with Crippen LogP contribution < -0.4 is 5.32 Å². The lowest BCUT2D eigenvalue weighted by atomic mass is 9.70. The van der Waals surface area contributed by atoms with Crippen molar-refractivity contribution in [1.29, 1.82) is 0 Å². The van der Waals surface area contributed by atoms with Crippen LogP contribution in [0.15, 0.2) is 0 Å². The van der Waals surface area contributed by atoms with Crippen molar-refractivity contribution in [3.8, 4) is 0 Å². The predicted octanol–water partition coefficient (Wildman–Crippen LogP) is 1.79. The Kier molecular flexibility index (Phi) is 3.57. The minimum atomic E-state index is -0.379. The number of carbonyl (C=O) groups is 1. The number of hydrogen-bond acceptors (Lipinski definition) is 4. The molecule has 1 aliphatic carbocycles. The van der Waals surface area contributed by atoms with E-state index in [0.29, 0.717) is 0 Å². The number of nitrogens with one attached hydrogen (secondary N) is 1. The number of hydrogen-bond donors (Lipinski definition) is 1. The molecular weight excluding hydrogens is 252 g/mol. The molecule has 3 fully saturated rings. The molecule has 114 valence electrons. The van der Waals surface area contributed by atoms with Crippen molar-refractivity contribution in [3.05, 3.63) is 0 Å². The number of carbonyl (C=O) groups excluding carboxylic acids is 1. The van der Waals surface area contributed by atoms with Gasteiger partial charge in [-0.2, -0.15) is 0 Å². The monoisotopic (exact) mass is 280 g/mol. The van der Waals surface area contributed by atoms with Crippen LogP contribution in [-0.4, -0.2) is 48.7 Å². The van der Waals surface area contributed by atoms with Crippen LogP contribution in [0.3, 0.4) is 0 Å². The van der Waals surface area contributed by atoms with Crippen molar-refractivity contribution >= 4 is 5.97 Å². The summed E-state index contributed by atoms with van der Waals surface area (Å²) in [6, 6.07) is 0.849. The Morgan fingerprint density at radius 3 is 2.45 bits per heavy atom. The van der Waals surface area contributed by atoms with E-state index in [0.717, 1.165) is 45.1 Å². The summed E-state index contributed by atoms with van der Waals surface area (Å²) < 4.78 is 5.64. The van der Waals surface area contributed by atoms with E-state index in [-0.39, 0.29) is 22.9 Å². The van der Waals surface area contributed by atoms with Gasteiger partial charge in [0.2, 0.25) is 0 Å². The lowest BCUT2D eigenvalue weighted by molar-refractivity contribution is -0.164. The van der Waals surface area contributed by atoms with Crippen LogP contribution in [0.1, 0.15) is 46.5 Å². The summed E-state index contributed by atoms with van der Waals surface area (Å²) in [7, 11) is 0. The van der Waals surface area contributed by atoms with Crippen molar-refractivity contribution in [2.45, 2.75) is 58.1 Å². The quantitative estimate of drug-likeness (QED) is 0.783. The molecule has 3 rings (SSSR count). The van der Waals surface area contributed by atoms with Crippen LogP contribution in [-0.2, 0) is 9.53 Å². The van der Waals surface area contributed by atoms with E-state index in [2.05, 4.69) is 10.2 Å². The maximum absolute atomic E-state index is 12.5. The molecule has 2 saturated heterocycles. The second kappa shape index (κ2) is 4.99. The van der Waals surface area contributed by atoms with E-state index in [1.165, 1.54) is 12.8 Å². The van der Waals surface area contributed by atoms with Gasteiger partial charge in [0.15, 0.2) is 0 Å². The summed E-state index contributed by atoms with van der Waals surface area (Å²) in [6.07, 6.45) is 5.03. The number of likely N-dealkylation sites (tertiary alicyclic amines) is 1. The van der Waals surface area contributed by atoms with Gasteiger partial charge in [-0.1, -0.05) is 0 Å². The van der Waals surface area contributed by atoms with Crippen molar-refractivity contribution in [3.63, 3.8) is 0 Å². The molecule has 0 aromatic heterocycles. The third-order valence-electron chi connectivity index (χ3n) is 5.11. The molecular formula is C16H28N2O2. The van der Waals surface area contributed by atoms with Crippen LogP contribution in [0.25, 0.3) is 0 Å². The zero-order chi connectivity index (χ0) is 14.4. The van der Waals surface area contributed by atoms with Crippen molar-refractivity contribution in [1.82, 2.24) is 10.2 Å². The summed E-state index contributed by atoms with van der Waals surface area (Å²) in [4.78, 5) is 15.1. The van der Waals surface area contributed by atoms with Gasteiger partial charge < -0.3 is 15.0 Å². The van der Waals surface area contributed by atoms with Gasteiger partial charge in [0, 0.05) is 19.1 Å². The fourth-order valence-electron chi connectivity index (χ4n) is 3.81. The minimum absolute atomic E-state index is 0.00220. The maximum Gasteiger partial charge on any atom is 0.311 e. The van der Waals surface area contributed by atoms with E-state index >= 15 is 0 Å². The van der Waals surface area contributed by atoms with Crippen LogP contribution in [0, 0.1) is 11.3 Å². The first-order valence-electron chi connectivity index (χ1n) is 8.07. The molecule has 0 bridgehead atoms. The third-order valence-corrected chi connectivity index (χ3v) is 5.11. The molecule has 0 radical (unpaired) electrons. The summed E-state index contributed by atoms with van der Waals surface area (Å²) in [6.45, 7) is 9.95. The smallest absolute Gasteiger partial charge is 0.311 e. The molecule has 2 aliphatic heterocycles.